The number of nitrogens with one attached hydrogen (secondary N) is 1. The molecule has 0 saturated carbocycles. The highest BCUT2D eigenvalue weighted by Gasteiger charge is 2.22. The molecule has 1 aliphatic heterocycles. The second-order valence-corrected chi connectivity index (χ2v) is 6.80. The number of benzene rings is 2. The highest BCUT2D eigenvalue weighted by Crippen LogP contribution is 2.24. The fraction of sp³-hybridized carbons (Fsp3) is 0.316. The molecule has 1 aliphatic rings. The molecule has 3 N–H and O–H groups in total. The van der Waals surface area contributed by atoms with Crippen LogP contribution in [-0.4, -0.2) is 29.0 Å². The molecular formula is C19H21F2N3S. The van der Waals surface area contributed by atoms with Crippen LogP contribution in [0.5, 0.6) is 0 Å². The van der Waals surface area contributed by atoms with E-state index < -0.39 is 11.6 Å². The molecule has 132 valence electrons. The number of halogens is 2. The zero-order valence-corrected chi connectivity index (χ0v) is 14.7. The molecule has 0 aliphatic carbocycles. The highest BCUT2D eigenvalue weighted by atomic mass is 32.1. The third kappa shape index (κ3) is 4.52. The second kappa shape index (κ2) is 7.89. The molecule has 0 bridgehead atoms. The number of anilines is 1. The van der Waals surface area contributed by atoms with Crippen molar-refractivity contribution >= 4 is 22.9 Å². The van der Waals surface area contributed by atoms with Gasteiger partial charge in [-0.3, -0.25) is 4.90 Å². The lowest BCUT2D eigenvalue weighted by molar-refractivity contribution is 0.211. The van der Waals surface area contributed by atoms with Gasteiger partial charge in [0.2, 0.25) is 0 Å². The van der Waals surface area contributed by atoms with Gasteiger partial charge in [-0.1, -0.05) is 42.5 Å². The van der Waals surface area contributed by atoms with Crippen molar-refractivity contribution in [2.45, 2.75) is 25.4 Å². The minimum Gasteiger partial charge on any atom is -0.389 e. The Balaban J connectivity index is 1.58. The van der Waals surface area contributed by atoms with Crippen molar-refractivity contribution < 1.29 is 8.78 Å². The first kappa shape index (κ1) is 17.8. The fourth-order valence-electron chi connectivity index (χ4n) is 3.13. The molecule has 3 rings (SSSR count). The van der Waals surface area contributed by atoms with E-state index in [2.05, 4.69) is 22.3 Å². The van der Waals surface area contributed by atoms with Gasteiger partial charge in [0.1, 0.15) is 22.3 Å². The molecule has 0 aromatic heterocycles. The minimum absolute atomic E-state index is 0.0152. The van der Waals surface area contributed by atoms with E-state index in [1.165, 1.54) is 17.7 Å². The van der Waals surface area contributed by atoms with Gasteiger partial charge in [-0.2, -0.15) is 0 Å². The van der Waals surface area contributed by atoms with Crippen LogP contribution < -0.4 is 11.1 Å². The Labute approximate surface area is 151 Å². The van der Waals surface area contributed by atoms with Gasteiger partial charge in [-0.25, -0.2) is 8.78 Å². The van der Waals surface area contributed by atoms with E-state index in [0.29, 0.717) is 0 Å². The molecule has 1 saturated heterocycles. The van der Waals surface area contributed by atoms with Crippen LogP contribution in [0.1, 0.15) is 24.0 Å². The normalized spacial score (nSPS) is 15.9. The van der Waals surface area contributed by atoms with Gasteiger partial charge < -0.3 is 11.1 Å². The van der Waals surface area contributed by atoms with E-state index >= 15 is 0 Å². The van der Waals surface area contributed by atoms with Crippen molar-refractivity contribution in [2.24, 2.45) is 5.73 Å². The average Bonchev–Trinajstić information content (AvgIpc) is 2.60. The maximum absolute atomic E-state index is 14.2. The number of thiocarbonyl (C=S) groups is 1. The molecular weight excluding hydrogens is 340 g/mol. The summed E-state index contributed by atoms with van der Waals surface area (Å²) in [5.74, 6) is -1.32. The average molecular weight is 361 g/mol. The molecule has 0 radical (unpaired) electrons. The molecule has 0 atom stereocenters. The summed E-state index contributed by atoms with van der Waals surface area (Å²) in [4.78, 5) is 2.34. The van der Waals surface area contributed by atoms with Crippen LogP contribution in [-0.2, 0) is 6.54 Å². The Morgan fingerprint density at radius 1 is 1.12 bits per heavy atom. The van der Waals surface area contributed by atoms with Crippen molar-refractivity contribution in [1.29, 1.82) is 0 Å². The van der Waals surface area contributed by atoms with Crippen molar-refractivity contribution in [3.63, 3.8) is 0 Å². The van der Waals surface area contributed by atoms with Crippen LogP contribution in [0.2, 0.25) is 0 Å². The van der Waals surface area contributed by atoms with E-state index in [-0.39, 0.29) is 22.3 Å². The Hall–Kier alpha value is -2.05. The SMILES string of the molecule is NC(=S)c1cc(F)c(NC2CCN(Cc3ccccc3)CC2)c(F)c1. The quantitative estimate of drug-likeness (QED) is 0.798. The van der Waals surface area contributed by atoms with Gasteiger partial charge >= 0.3 is 0 Å². The largest absolute Gasteiger partial charge is 0.389 e. The van der Waals surface area contributed by atoms with Crippen molar-refractivity contribution in [2.75, 3.05) is 18.4 Å². The third-order valence-corrected chi connectivity index (χ3v) is 4.75. The van der Waals surface area contributed by atoms with E-state index in [4.69, 9.17) is 18.0 Å². The summed E-state index contributed by atoms with van der Waals surface area (Å²) in [5.41, 5.74) is 6.82. The lowest BCUT2D eigenvalue weighted by atomic mass is 10.0. The van der Waals surface area contributed by atoms with Crippen LogP contribution in [0.3, 0.4) is 0 Å². The first-order valence-corrected chi connectivity index (χ1v) is 8.75. The van der Waals surface area contributed by atoms with Crippen molar-refractivity contribution in [1.82, 2.24) is 4.90 Å². The zero-order valence-electron chi connectivity index (χ0n) is 13.8. The topological polar surface area (TPSA) is 41.3 Å². The summed E-state index contributed by atoms with van der Waals surface area (Å²) < 4.78 is 28.3. The number of nitrogens with two attached hydrogens (primary N) is 1. The van der Waals surface area contributed by atoms with Crippen molar-refractivity contribution in [3.8, 4) is 0 Å². The monoisotopic (exact) mass is 361 g/mol. The molecule has 2 aromatic rings. The van der Waals surface area contributed by atoms with Gasteiger partial charge in [-0.15, -0.1) is 0 Å². The fourth-order valence-corrected chi connectivity index (χ4v) is 3.25. The summed E-state index contributed by atoms with van der Waals surface area (Å²) in [6, 6.07) is 12.7. The van der Waals surface area contributed by atoms with Gasteiger partial charge in [0.25, 0.3) is 0 Å². The smallest absolute Gasteiger partial charge is 0.150 e. The van der Waals surface area contributed by atoms with E-state index in [1.54, 1.807) is 0 Å². The maximum Gasteiger partial charge on any atom is 0.150 e. The van der Waals surface area contributed by atoms with E-state index in [1.807, 2.05) is 18.2 Å². The highest BCUT2D eigenvalue weighted by molar-refractivity contribution is 7.80. The molecule has 3 nitrogen and oxygen atoms in total. The second-order valence-electron chi connectivity index (χ2n) is 6.36. The molecule has 1 fully saturated rings. The molecule has 2 aromatic carbocycles. The first-order valence-electron chi connectivity index (χ1n) is 8.34. The number of likely N-dealkylation sites (tertiary alicyclic amines) is 1. The molecule has 0 unspecified atom stereocenters. The number of piperidine rings is 1. The number of nitrogens with zero attached hydrogens (tertiary/aromatic N) is 1. The van der Waals surface area contributed by atoms with Gasteiger partial charge in [0, 0.05) is 31.2 Å². The molecule has 1 heterocycles. The number of hydrogen-bond donors (Lipinski definition) is 2. The van der Waals surface area contributed by atoms with Crippen LogP contribution in [0.25, 0.3) is 0 Å². The predicted octanol–water partition coefficient (Wildman–Crippen LogP) is 3.68. The Kier molecular flexibility index (Phi) is 5.60. The molecule has 0 amide bonds. The standard InChI is InChI=1S/C19H21F2N3S/c20-16-10-14(19(22)25)11-17(21)18(16)23-15-6-8-24(9-7-15)12-13-4-2-1-3-5-13/h1-5,10-11,15,23H,6-9,12H2,(H2,22,25). The van der Waals surface area contributed by atoms with Crippen LogP contribution >= 0.6 is 12.2 Å². The predicted molar refractivity (Wildman–Crippen MR) is 101 cm³/mol. The van der Waals surface area contributed by atoms with E-state index in [0.717, 1.165) is 32.5 Å². The molecule has 0 spiro atoms. The van der Waals surface area contributed by atoms with Gasteiger partial charge in [0.15, 0.2) is 0 Å². The lowest BCUT2D eigenvalue weighted by Crippen LogP contribution is -2.39. The summed E-state index contributed by atoms with van der Waals surface area (Å²) in [6.07, 6.45) is 1.67. The van der Waals surface area contributed by atoms with Gasteiger partial charge in [0.05, 0.1) is 0 Å². The Bertz CT molecular complexity index is 721. The van der Waals surface area contributed by atoms with Crippen LogP contribution in [0.4, 0.5) is 14.5 Å². The van der Waals surface area contributed by atoms with Crippen LogP contribution in [0, 0.1) is 11.6 Å². The Morgan fingerprint density at radius 2 is 1.72 bits per heavy atom. The molecule has 6 heteroatoms. The summed E-state index contributed by atoms with van der Waals surface area (Å²) in [5, 5.41) is 3.01. The lowest BCUT2D eigenvalue weighted by Gasteiger charge is -2.33. The zero-order chi connectivity index (χ0) is 17.8. The minimum atomic E-state index is -0.658. The summed E-state index contributed by atoms with van der Waals surface area (Å²) in [7, 11) is 0. The number of rotatable bonds is 5. The number of hydrogen-bond acceptors (Lipinski definition) is 3. The third-order valence-electron chi connectivity index (χ3n) is 4.51. The molecule has 25 heavy (non-hydrogen) atoms. The maximum atomic E-state index is 14.2. The van der Waals surface area contributed by atoms with Crippen molar-refractivity contribution in [3.05, 3.63) is 65.2 Å². The van der Waals surface area contributed by atoms with Crippen LogP contribution in [0.15, 0.2) is 42.5 Å². The summed E-state index contributed by atoms with van der Waals surface area (Å²) in [6.45, 7) is 2.68. The van der Waals surface area contributed by atoms with E-state index in [9.17, 15) is 8.78 Å². The summed E-state index contributed by atoms with van der Waals surface area (Å²) >= 11 is 4.77. The van der Waals surface area contributed by atoms with Gasteiger partial charge in [-0.05, 0) is 30.5 Å². The first-order chi connectivity index (χ1) is 12.0. The Morgan fingerprint density at radius 3 is 2.28 bits per heavy atom.